The Kier molecular flexibility index (Phi) is 5.44. The first-order chi connectivity index (χ1) is 10.7. The highest BCUT2D eigenvalue weighted by Gasteiger charge is 2.24. The Morgan fingerprint density at radius 2 is 2.18 bits per heavy atom. The summed E-state index contributed by atoms with van der Waals surface area (Å²) in [4.78, 5) is 20.9. The molecule has 1 atom stereocenters. The first-order valence-corrected chi connectivity index (χ1v) is 9.22. The molecule has 0 radical (unpaired) electrons. The molecule has 0 bridgehead atoms. The number of nitrogens with one attached hydrogen (secondary N) is 1. The first kappa shape index (κ1) is 15.9. The van der Waals surface area contributed by atoms with Crippen LogP contribution in [0.1, 0.15) is 6.42 Å². The van der Waals surface area contributed by atoms with Gasteiger partial charge < -0.3 is 15.1 Å². The van der Waals surface area contributed by atoms with Crippen molar-refractivity contribution in [3.63, 3.8) is 0 Å². The summed E-state index contributed by atoms with van der Waals surface area (Å²) in [7, 11) is 0. The third-order valence-electron chi connectivity index (χ3n) is 4.08. The predicted molar refractivity (Wildman–Crippen MR) is 91.8 cm³/mol. The Morgan fingerprint density at radius 3 is 2.86 bits per heavy atom. The van der Waals surface area contributed by atoms with E-state index in [1.165, 1.54) is 0 Å². The topological polar surface area (TPSA) is 48.5 Å². The van der Waals surface area contributed by atoms with Crippen LogP contribution >= 0.6 is 23.4 Å². The molecule has 0 saturated carbocycles. The van der Waals surface area contributed by atoms with E-state index < -0.39 is 0 Å². The molecule has 1 aromatic heterocycles. The van der Waals surface area contributed by atoms with Crippen molar-refractivity contribution in [2.45, 2.75) is 12.5 Å². The molecule has 2 fully saturated rings. The number of anilines is 1. The summed E-state index contributed by atoms with van der Waals surface area (Å²) >= 11 is 7.87. The van der Waals surface area contributed by atoms with Gasteiger partial charge in [-0.15, -0.1) is 0 Å². The van der Waals surface area contributed by atoms with E-state index in [2.05, 4.69) is 15.2 Å². The number of amides is 1. The third-order valence-corrected chi connectivity index (χ3v) is 5.42. The molecule has 2 aliphatic heterocycles. The maximum absolute atomic E-state index is 12.4. The zero-order valence-corrected chi connectivity index (χ0v) is 14.1. The fourth-order valence-corrected chi connectivity index (χ4v) is 3.96. The summed E-state index contributed by atoms with van der Waals surface area (Å²) in [6.07, 6.45) is 0.614. The van der Waals surface area contributed by atoms with Gasteiger partial charge in [0.1, 0.15) is 11.0 Å². The number of pyridine rings is 1. The minimum absolute atomic E-state index is 0.263. The molecule has 0 aromatic carbocycles. The molecule has 120 valence electrons. The van der Waals surface area contributed by atoms with E-state index in [4.69, 9.17) is 11.6 Å². The largest absolute Gasteiger partial charge is 0.353 e. The Bertz CT molecular complexity index is 516. The van der Waals surface area contributed by atoms with Gasteiger partial charge in [0.2, 0.25) is 5.91 Å². The molecular formula is C15H21ClN4OS. The van der Waals surface area contributed by atoms with Crippen LogP contribution in [0, 0.1) is 0 Å². The van der Waals surface area contributed by atoms with Crippen LogP contribution in [-0.2, 0) is 4.79 Å². The van der Waals surface area contributed by atoms with Crippen molar-refractivity contribution in [2.75, 3.05) is 49.1 Å². The second-order valence-corrected chi connectivity index (χ2v) is 7.15. The predicted octanol–water partition coefficient (Wildman–Crippen LogP) is 1.48. The molecule has 2 saturated heterocycles. The third kappa shape index (κ3) is 4.06. The molecule has 22 heavy (non-hydrogen) atoms. The van der Waals surface area contributed by atoms with Gasteiger partial charge in [0.05, 0.1) is 0 Å². The van der Waals surface area contributed by atoms with Crippen molar-refractivity contribution in [3.05, 3.63) is 23.4 Å². The number of hydrogen-bond acceptors (Lipinski definition) is 5. The molecule has 0 spiro atoms. The van der Waals surface area contributed by atoms with Gasteiger partial charge in [0.15, 0.2) is 0 Å². The molecule has 1 amide bonds. The normalized spacial score (nSPS) is 22.7. The highest BCUT2D eigenvalue weighted by molar-refractivity contribution is 7.99. The zero-order valence-electron chi connectivity index (χ0n) is 12.5. The first-order valence-electron chi connectivity index (χ1n) is 7.69. The van der Waals surface area contributed by atoms with Gasteiger partial charge in [-0.3, -0.25) is 4.79 Å². The molecule has 5 nitrogen and oxygen atoms in total. The maximum Gasteiger partial charge on any atom is 0.224 e. The Labute approximate surface area is 140 Å². The highest BCUT2D eigenvalue weighted by Crippen LogP contribution is 2.17. The smallest absolute Gasteiger partial charge is 0.224 e. The van der Waals surface area contributed by atoms with Gasteiger partial charge >= 0.3 is 0 Å². The van der Waals surface area contributed by atoms with Gasteiger partial charge in [0.25, 0.3) is 0 Å². The lowest BCUT2D eigenvalue weighted by molar-refractivity contribution is -0.131. The zero-order chi connectivity index (χ0) is 15.4. The van der Waals surface area contributed by atoms with E-state index in [1.54, 1.807) is 6.07 Å². The number of piperazine rings is 1. The van der Waals surface area contributed by atoms with Crippen molar-refractivity contribution >= 4 is 35.1 Å². The van der Waals surface area contributed by atoms with Gasteiger partial charge in [-0.2, -0.15) is 11.8 Å². The number of aromatic nitrogens is 1. The second-order valence-electron chi connectivity index (χ2n) is 5.62. The van der Waals surface area contributed by atoms with E-state index in [0.717, 1.165) is 50.0 Å². The number of thioether (sulfide) groups is 1. The molecule has 3 heterocycles. The summed E-state index contributed by atoms with van der Waals surface area (Å²) in [6.45, 7) is 4.15. The number of hydrogen-bond donors (Lipinski definition) is 1. The summed E-state index contributed by atoms with van der Waals surface area (Å²) < 4.78 is 0. The molecular weight excluding hydrogens is 320 g/mol. The van der Waals surface area contributed by atoms with Crippen LogP contribution in [0.4, 0.5) is 5.82 Å². The van der Waals surface area contributed by atoms with Crippen molar-refractivity contribution in [2.24, 2.45) is 0 Å². The molecule has 7 heteroatoms. The second kappa shape index (κ2) is 7.53. The van der Waals surface area contributed by atoms with Crippen LogP contribution in [0.15, 0.2) is 18.2 Å². The van der Waals surface area contributed by atoms with Gasteiger partial charge in [-0.1, -0.05) is 17.7 Å². The molecule has 0 aliphatic carbocycles. The van der Waals surface area contributed by atoms with E-state index in [0.29, 0.717) is 17.6 Å². The average molecular weight is 341 g/mol. The van der Waals surface area contributed by atoms with E-state index >= 15 is 0 Å². The van der Waals surface area contributed by atoms with Crippen LogP contribution in [-0.4, -0.2) is 66.1 Å². The molecule has 1 aromatic rings. The fraction of sp³-hybridized carbons (Fsp3) is 0.600. The van der Waals surface area contributed by atoms with Crippen molar-refractivity contribution < 1.29 is 4.79 Å². The lowest BCUT2D eigenvalue weighted by Gasteiger charge is -2.36. The van der Waals surface area contributed by atoms with Crippen molar-refractivity contribution in [1.82, 2.24) is 15.2 Å². The summed E-state index contributed by atoms with van der Waals surface area (Å²) in [6, 6.07) is 5.99. The fourth-order valence-electron chi connectivity index (χ4n) is 2.85. The monoisotopic (exact) mass is 340 g/mol. The van der Waals surface area contributed by atoms with E-state index in [-0.39, 0.29) is 5.91 Å². The van der Waals surface area contributed by atoms with Crippen LogP contribution in [0.25, 0.3) is 0 Å². The van der Waals surface area contributed by atoms with Crippen LogP contribution in [0.2, 0.25) is 5.15 Å². The van der Waals surface area contributed by atoms with Gasteiger partial charge in [0, 0.05) is 56.7 Å². The Balaban J connectivity index is 1.49. The van der Waals surface area contributed by atoms with Gasteiger partial charge in [-0.05, 0) is 12.1 Å². The highest BCUT2D eigenvalue weighted by atomic mass is 35.5. The minimum Gasteiger partial charge on any atom is -0.353 e. The lowest BCUT2D eigenvalue weighted by Crippen LogP contribution is -2.51. The Hall–Kier alpha value is -0.980. The summed E-state index contributed by atoms with van der Waals surface area (Å²) in [5.74, 6) is 3.34. The van der Waals surface area contributed by atoms with Crippen molar-refractivity contribution in [3.8, 4) is 0 Å². The molecule has 3 rings (SSSR count). The van der Waals surface area contributed by atoms with Gasteiger partial charge in [-0.25, -0.2) is 4.98 Å². The molecule has 2 aliphatic rings. The maximum atomic E-state index is 12.4. The molecule has 1 N–H and O–H groups in total. The van der Waals surface area contributed by atoms with Crippen LogP contribution in [0.5, 0.6) is 0 Å². The molecule has 0 unspecified atom stereocenters. The summed E-state index contributed by atoms with van der Waals surface area (Å²) in [5, 5.41) is 3.94. The summed E-state index contributed by atoms with van der Waals surface area (Å²) in [5.41, 5.74) is 0. The van der Waals surface area contributed by atoms with Crippen LogP contribution in [0.3, 0.4) is 0 Å². The number of rotatable bonds is 3. The SMILES string of the molecule is O=C(C[C@H]1CSCCN1)N1CCN(c2cccc(Cl)n2)CC1. The Morgan fingerprint density at radius 1 is 1.36 bits per heavy atom. The van der Waals surface area contributed by atoms with Crippen molar-refractivity contribution in [1.29, 1.82) is 0 Å². The minimum atomic E-state index is 0.263. The standard InChI is InChI=1S/C15H21ClN4OS/c16-13-2-1-3-14(18-13)19-5-7-20(8-6-19)15(21)10-12-11-22-9-4-17-12/h1-3,12,17H,4-11H2/t12-/m0/s1. The van der Waals surface area contributed by atoms with Crippen LogP contribution < -0.4 is 10.2 Å². The quantitative estimate of drug-likeness (QED) is 0.845. The lowest BCUT2D eigenvalue weighted by atomic mass is 10.2. The average Bonchev–Trinajstić information content (AvgIpc) is 2.56. The number of carbonyl (C=O) groups excluding carboxylic acids is 1. The number of nitrogens with zero attached hydrogens (tertiary/aromatic N) is 3. The number of carbonyl (C=O) groups is 1. The van der Waals surface area contributed by atoms with E-state index in [1.807, 2.05) is 28.8 Å². The van der Waals surface area contributed by atoms with E-state index in [9.17, 15) is 4.79 Å². The number of halogens is 1.